The molecule has 1 amide bonds. The molecule has 1 saturated carbocycles. The number of nitrogens with zero attached hydrogens (tertiary/aromatic N) is 1. The summed E-state index contributed by atoms with van der Waals surface area (Å²) < 4.78 is 0. The van der Waals surface area contributed by atoms with Gasteiger partial charge in [0.25, 0.3) is 0 Å². The molecule has 96 valence electrons. The van der Waals surface area contributed by atoms with Gasteiger partial charge in [0.05, 0.1) is 17.8 Å². The Morgan fingerprint density at radius 3 is 3.06 bits per heavy atom. The Morgan fingerprint density at radius 2 is 2.28 bits per heavy atom. The molecule has 0 radical (unpaired) electrons. The van der Waals surface area contributed by atoms with E-state index in [1.54, 1.807) is 0 Å². The molecule has 1 aromatic rings. The third kappa shape index (κ3) is 2.38. The molecule has 2 aliphatic rings. The maximum absolute atomic E-state index is 11.9. The molecule has 0 aromatic carbocycles. The van der Waals surface area contributed by atoms with Crippen LogP contribution in [0, 0.1) is 0 Å². The van der Waals surface area contributed by atoms with Gasteiger partial charge in [-0.15, -0.1) is 0 Å². The lowest BCUT2D eigenvalue weighted by molar-refractivity contribution is -0.123. The van der Waals surface area contributed by atoms with Crippen LogP contribution in [-0.4, -0.2) is 23.0 Å². The molecular weight excluding hydrogens is 226 g/mol. The van der Waals surface area contributed by atoms with Gasteiger partial charge >= 0.3 is 0 Å². The second-order valence-corrected chi connectivity index (χ2v) is 5.31. The number of nitrogens with one attached hydrogen (secondary N) is 2. The minimum Gasteiger partial charge on any atom is -0.352 e. The zero-order valence-corrected chi connectivity index (χ0v) is 10.6. The van der Waals surface area contributed by atoms with Crippen LogP contribution in [0.4, 0.5) is 0 Å². The number of fused-ring (bicyclic) bond motifs is 1. The number of pyridine rings is 1. The van der Waals surface area contributed by atoms with Crippen LogP contribution in [0.25, 0.3) is 0 Å². The number of carbonyl (C=O) groups excluding carboxylic acids is 1. The lowest BCUT2D eigenvalue weighted by Crippen LogP contribution is -2.44. The molecule has 4 nitrogen and oxygen atoms in total. The zero-order valence-electron chi connectivity index (χ0n) is 10.6. The summed E-state index contributed by atoms with van der Waals surface area (Å²) in [7, 11) is 0. The number of rotatable bonds is 4. The van der Waals surface area contributed by atoms with Crippen LogP contribution in [0.15, 0.2) is 18.3 Å². The molecule has 1 aromatic heterocycles. The molecule has 0 bridgehead atoms. The van der Waals surface area contributed by atoms with E-state index in [1.807, 2.05) is 19.2 Å². The number of amides is 1. The highest BCUT2D eigenvalue weighted by Gasteiger charge is 2.29. The van der Waals surface area contributed by atoms with Gasteiger partial charge in [0.2, 0.25) is 5.91 Å². The minimum atomic E-state index is -0.149. The number of carbonyl (C=O) groups is 1. The van der Waals surface area contributed by atoms with Crippen molar-refractivity contribution >= 4 is 5.91 Å². The molecule has 0 saturated heterocycles. The second-order valence-electron chi connectivity index (χ2n) is 5.31. The Hall–Kier alpha value is -1.42. The first-order chi connectivity index (χ1) is 8.74. The van der Waals surface area contributed by atoms with Crippen LogP contribution >= 0.6 is 0 Å². The molecule has 3 rings (SSSR count). The quantitative estimate of drug-likeness (QED) is 0.841. The van der Waals surface area contributed by atoms with Gasteiger partial charge in [-0.3, -0.25) is 15.1 Å². The minimum absolute atomic E-state index is 0.113. The van der Waals surface area contributed by atoms with Crippen molar-refractivity contribution in [2.45, 2.75) is 50.7 Å². The Labute approximate surface area is 107 Å². The Bertz CT molecular complexity index is 456. The van der Waals surface area contributed by atoms with E-state index < -0.39 is 0 Å². The van der Waals surface area contributed by atoms with Crippen molar-refractivity contribution in [1.82, 2.24) is 15.6 Å². The standard InChI is InChI=1S/C14H19N3O/c1-9(14(18)17-11-5-6-11)16-12-7-4-10-3-2-8-15-13(10)12/h2-3,8-9,11-12,16H,4-7H2,1H3,(H,17,18). The fourth-order valence-corrected chi connectivity index (χ4v) is 2.51. The van der Waals surface area contributed by atoms with Crippen LogP contribution in [0.1, 0.15) is 43.5 Å². The normalized spacial score (nSPS) is 23.5. The van der Waals surface area contributed by atoms with Crippen LogP contribution in [0.5, 0.6) is 0 Å². The molecule has 1 heterocycles. The van der Waals surface area contributed by atoms with E-state index in [-0.39, 0.29) is 18.0 Å². The summed E-state index contributed by atoms with van der Waals surface area (Å²) in [6.45, 7) is 1.93. The molecule has 18 heavy (non-hydrogen) atoms. The topological polar surface area (TPSA) is 54.0 Å². The highest BCUT2D eigenvalue weighted by molar-refractivity contribution is 5.81. The summed E-state index contributed by atoms with van der Waals surface area (Å²) in [5.74, 6) is 0.113. The molecule has 4 heteroatoms. The first-order valence-corrected chi connectivity index (χ1v) is 6.74. The lowest BCUT2D eigenvalue weighted by Gasteiger charge is -2.19. The van der Waals surface area contributed by atoms with Gasteiger partial charge in [-0.25, -0.2) is 0 Å². The van der Waals surface area contributed by atoms with Crippen LogP contribution in [0.2, 0.25) is 0 Å². The molecule has 2 N–H and O–H groups in total. The molecule has 2 aliphatic carbocycles. The number of aromatic nitrogens is 1. The predicted molar refractivity (Wildman–Crippen MR) is 69.1 cm³/mol. The molecular formula is C14H19N3O. The third-order valence-electron chi connectivity index (χ3n) is 3.73. The van der Waals surface area contributed by atoms with E-state index in [9.17, 15) is 4.79 Å². The Morgan fingerprint density at radius 1 is 1.44 bits per heavy atom. The molecule has 1 fully saturated rings. The number of hydrogen-bond donors (Lipinski definition) is 2. The van der Waals surface area contributed by atoms with E-state index >= 15 is 0 Å². The number of hydrogen-bond acceptors (Lipinski definition) is 3. The second kappa shape index (κ2) is 4.69. The fraction of sp³-hybridized carbons (Fsp3) is 0.571. The molecule has 0 spiro atoms. The van der Waals surface area contributed by atoms with Gasteiger partial charge in [-0.2, -0.15) is 0 Å². The Balaban J connectivity index is 1.61. The Kier molecular flexibility index (Phi) is 3.04. The highest BCUT2D eigenvalue weighted by Crippen LogP contribution is 2.29. The maximum atomic E-state index is 11.9. The summed E-state index contributed by atoms with van der Waals surface area (Å²) in [6.07, 6.45) is 6.18. The highest BCUT2D eigenvalue weighted by atomic mass is 16.2. The van der Waals surface area contributed by atoms with E-state index in [4.69, 9.17) is 0 Å². The third-order valence-corrected chi connectivity index (χ3v) is 3.73. The van der Waals surface area contributed by atoms with Gasteiger partial charge in [-0.1, -0.05) is 6.07 Å². The zero-order chi connectivity index (χ0) is 12.5. The van der Waals surface area contributed by atoms with Crippen molar-refractivity contribution < 1.29 is 4.79 Å². The van der Waals surface area contributed by atoms with E-state index in [0.29, 0.717) is 6.04 Å². The van der Waals surface area contributed by atoms with E-state index in [2.05, 4.69) is 21.7 Å². The smallest absolute Gasteiger partial charge is 0.237 e. The van der Waals surface area contributed by atoms with Crippen molar-refractivity contribution in [3.8, 4) is 0 Å². The summed E-state index contributed by atoms with van der Waals surface area (Å²) in [6, 6.07) is 4.60. The average molecular weight is 245 g/mol. The fourth-order valence-electron chi connectivity index (χ4n) is 2.51. The van der Waals surface area contributed by atoms with Crippen molar-refractivity contribution in [3.63, 3.8) is 0 Å². The predicted octanol–water partition coefficient (Wildman–Crippen LogP) is 1.33. The summed E-state index contributed by atoms with van der Waals surface area (Å²) in [5.41, 5.74) is 2.42. The van der Waals surface area contributed by atoms with Crippen LogP contribution < -0.4 is 10.6 Å². The van der Waals surface area contributed by atoms with E-state index in [0.717, 1.165) is 31.4 Å². The van der Waals surface area contributed by atoms with Crippen molar-refractivity contribution in [3.05, 3.63) is 29.6 Å². The van der Waals surface area contributed by atoms with Gasteiger partial charge < -0.3 is 5.32 Å². The summed E-state index contributed by atoms with van der Waals surface area (Å²) >= 11 is 0. The van der Waals surface area contributed by atoms with Crippen LogP contribution in [0.3, 0.4) is 0 Å². The van der Waals surface area contributed by atoms with Gasteiger partial charge in [0.1, 0.15) is 0 Å². The van der Waals surface area contributed by atoms with Crippen molar-refractivity contribution in [2.24, 2.45) is 0 Å². The molecule has 0 aliphatic heterocycles. The first kappa shape index (κ1) is 11.7. The maximum Gasteiger partial charge on any atom is 0.237 e. The van der Waals surface area contributed by atoms with Crippen molar-refractivity contribution in [1.29, 1.82) is 0 Å². The average Bonchev–Trinajstić information content (AvgIpc) is 3.10. The van der Waals surface area contributed by atoms with Gasteiger partial charge in [0, 0.05) is 12.2 Å². The molecule has 2 unspecified atom stereocenters. The summed E-state index contributed by atoms with van der Waals surface area (Å²) in [4.78, 5) is 16.3. The summed E-state index contributed by atoms with van der Waals surface area (Å²) in [5, 5.41) is 6.42. The lowest BCUT2D eigenvalue weighted by atomic mass is 10.2. The van der Waals surface area contributed by atoms with Gasteiger partial charge in [-0.05, 0) is 44.2 Å². The SMILES string of the molecule is CC(NC1CCc2cccnc21)C(=O)NC1CC1. The first-order valence-electron chi connectivity index (χ1n) is 6.74. The molecule has 2 atom stereocenters. The van der Waals surface area contributed by atoms with Crippen LogP contribution in [-0.2, 0) is 11.2 Å². The van der Waals surface area contributed by atoms with Gasteiger partial charge in [0.15, 0.2) is 0 Å². The van der Waals surface area contributed by atoms with E-state index in [1.165, 1.54) is 5.56 Å². The largest absolute Gasteiger partial charge is 0.352 e. The number of aryl methyl sites for hydroxylation is 1. The van der Waals surface area contributed by atoms with Crippen molar-refractivity contribution in [2.75, 3.05) is 0 Å². The monoisotopic (exact) mass is 245 g/mol.